The summed E-state index contributed by atoms with van der Waals surface area (Å²) in [6.45, 7) is 3.47. The Hall–Kier alpha value is -2.50. The summed E-state index contributed by atoms with van der Waals surface area (Å²) in [5.74, 6) is -0.879. The lowest BCUT2D eigenvalue weighted by Gasteiger charge is -2.21. The molecule has 0 atom stereocenters. The van der Waals surface area contributed by atoms with Gasteiger partial charge in [0.2, 0.25) is 0 Å². The van der Waals surface area contributed by atoms with E-state index in [1.165, 1.54) is 32.4 Å². The van der Waals surface area contributed by atoms with E-state index < -0.39 is 12.1 Å². The molecule has 0 saturated carbocycles. The number of carbonyl (C=O) groups excluding carboxylic acids is 1. The highest BCUT2D eigenvalue weighted by atomic mass is 16.6. The average molecular weight is 265 g/mol. The Balaban J connectivity index is 3.19. The van der Waals surface area contributed by atoms with Crippen molar-refractivity contribution in [2.75, 3.05) is 25.7 Å². The molecule has 0 aromatic heterocycles. The van der Waals surface area contributed by atoms with E-state index in [9.17, 15) is 9.59 Å². The van der Waals surface area contributed by atoms with Crippen LogP contribution in [0.5, 0.6) is 5.75 Å². The van der Waals surface area contributed by atoms with Gasteiger partial charge >= 0.3 is 12.1 Å². The van der Waals surface area contributed by atoms with Gasteiger partial charge in [-0.15, -0.1) is 0 Å². The van der Waals surface area contributed by atoms with Gasteiger partial charge in [0, 0.05) is 7.05 Å². The molecule has 1 aromatic rings. The number of ether oxygens (including phenoxy) is 2. The van der Waals surface area contributed by atoms with E-state index >= 15 is 0 Å². The van der Waals surface area contributed by atoms with Crippen LogP contribution in [0.3, 0.4) is 0 Å². The van der Waals surface area contributed by atoms with Crippen LogP contribution in [0.15, 0.2) is 30.9 Å². The SMILES string of the molecule is C=CCOC(=O)N(C)c1c(OC)cccc1C(=O)O. The number of carboxylic acid groups (broad SMARTS) is 1. The molecule has 0 spiro atoms. The first-order valence-corrected chi connectivity index (χ1v) is 5.44. The van der Waals surface area contributed by atoms with Crippen LogP contribution in [0.25, 0.3) is 0 Å². The number of methoxy groups -OCH3 is 1. The molecule has 0 aliphatic heterocycles. The van der Waals surface area contributed by atoms with Crippen LogP contribution in [0.1, 0.15) is 10.4 Å². The zero-order chi connectivity index (χ0) is 14.4. The summed E-state index contributed by atoms with van der Waals surface area (Å²) in [6, 6.07) is 4.49. The molecule has 1 rings (SSSR count). The Bertz CT molecular complexity index is 498. The third-order valence-corrected chi connectivity index (χ3v) is 2.38. The molecule has 0 radical (unpaired) electrons. The number of rotatable bonds is 5. The van der Waals surface area contributed by atoms with Gasteiger partial charge in [-0.25, -0.2) is 9.59 Å². The largest absolute Gasteiger partial charge is 0.495 e. The van der Waals surface area contributed by atoms with Crippen molar-refractivity contribution < 1.29 is 24.2 Å². The molecular weight excluding hydrogens is 250 g/mol. The second kappa shape index (κ2) is 6.44. The topological polar surface area (TPSA) is 76.1 Å². The number of aromatic carboxylic acids is 1. The molecule has 0 fully saturated rings. The third-order valence-electron chi connectivity index (χ3n) is 2.38. The molecule has 6 nitrogen and oxygen atoms in total. The Labute approximate surface area is 110 Å². The minimum atomic E-state index is -1.16. The predicted molar refractivity (Wildman–Crippen MR) is 69.9 cm³/mol. The van der Waals surface area contributed by atoms with E-state index in [0.717, 1.165) is 4.90 Å². The van der Waals surface area contributed by atoms with Crippen LogP contribution in [-0.4, -0.2) is 37.9 Å². The van der Waals surface area contributed by atoms with Gasteiger partial charge in [0.15, 0.2) is 0 Å². The van der Waals surface area contributed by atoms with Crippen molar-refractivity contribution >= 4 is 17.7 Å². The maximum absolute atomic E-state index is 11.8. The number of benzene rings is 1. The number of nitrogens with zero attached hydrogens (tertiary/aromatic N) is 1. The number of carbonyl (C=O) groups is 2. The first kappa shape index (κ1) is 14.6. The van der Waals surface area contributed by atoms with Crippen molar-refractivity contribution in [3.05, 3.63) is 36.4 Å². The average Bonchev–Trinajstić information content (AvgIpc) is 2.42. The molecule has 6 heteroatoms. The summed E-state index contributed by atoms with van der Waals surface area (Å²) >= 11 is 0. The fourth-order valence-electron chi connectivity index (χ4n) is 1.52. The lowest BCUT2D eigenvalue weighted by molar-refractivity contribution is 0.0697. The highest BCUT2D eigenvalue weighted by Crippen LogP contribution is 2.31. The van der Waals surface area contributed by atoms with Crippen LogP contribution in [-0.2, 0) is 4.74 Å². The maximum atomic E-state index is 11.8. The predicted octanol–water partition coefficient (Wildman–Crippen LogP) is 2.15. The van der Waals surface area contributed by atoms with Crippen molar-refractivity contribution in [3.8, 4) is 5.75 Å². The Kier molecular flexibility index (Phi) is 4.93. The van der Waals surface area contributed by atoms with Gasteiger partial charge in [-0.3, -0.25) is 4.90 Å². The van der Waals surface area contributed by atoms with E-state index in [1.807, 2.05) is 0 Å². The first-order chi connectivity index (χ1) is 9.02. The van der Waals surface area contributed by atoms with Gasteiger partial charge < -0.3 is 14.6 Å². The van der Waals surface area contributed by atoms with Gasteiger partial charge in [-0.2, -0.15) is 0 Å². The standard InChI is InChI=1S/C13H15NO5/c1-4-8-19-13(17)14(2)11-9(12(15)16)6-5-7-10(11)18-3/h4-7H,1,8H2,2-3H3,(H,15,16). The quantitative estimate of drug-likeness (QED) is 0.825. The number of carboxylic acids is 1. The van der Waals surface area contributed by atoms with Crippen LogP contribution < -0.4 is 9.64 Å². The molecule has 1 aromatic carbocycles. The monoisotopic (exact) mass is 265 g/mol. The van der Waals surface area contributed by atoms with Gasteiger partial charge in [-0.05, 0) is 12.1 Å². The number of anilines is 1. The second-order valence-electron chi connectivity index (χ2n) is 3.59. The zero-order valence-corrected chi connectivity index (χ0v) is 10.8. The van der Waals surface area contributed by atoms with Crippen molar-refractivity contribution in [1.82, 2.24) is 0 Å². The van der Waals surface area contributed by atoms with Gasteiger partial charge in [0.25, 0.3) is 0 Å². The lowest BCUT2D eigenvalue weighted by atomic mass is 10.1. The van der Waals surface area contributed by atoms with Crippen LogP contribution in [0, 0.1) is 0 Å². The number of hydrogen-bond donors (Lipinski definition) is 1. The van der Waals surface area contributed by atoms with Gasteiger partial charge in [0.05, 0.1) is 12.7 Å². The normalized spacial score (nSPS) is 9.58. The van der Waals surface area contributed by atoms with Crippen LogP contribution in [0.4, 0.5) is 10.5 Å². The molecule has 0 aliphatic carbocycles. The Morgan fingerprint density at radius 2 is 2.16 bits per heavy atom. The lowest BCUT2D eigenvalue weighted by Crippen LogP contribution is -2.29. The minimum Gasteiger partial charge on any atom is -0.495 e. The van der Waals surface area contributed by atoms with E-state index in [1.54, 1.807) is 6.07 Å². The van der Waals surface area contributed by atoms with Crippen molar-refractivity contribution in [3.63, 3.8) is 0 Å². The number of amides is 1. The first-order valence-electron chi connectivity index (χ1n) is 5.44. The number of para-hydroxylation sites is 1. The molecule has 0 unspecified atom stereocenters. The van der Waals surface area contributed by atoms with E-state index in [0.29, 0.717) is 0 Å². The summed E-state index contributed by atoms with van der Waals surface area (Å²) in [7, 11) is 2.81. The van der Waals surface area contributed by atoms with E-state index in [4.69, 9.17) is 14.6 Å². The Morgan fingerprint density at radius 1 is 1.47 bits per heavy atom. The van der Waals surface area contributed by atoms with Gasteiger partial charge in [0.1, 0.15) is 18.0 Å². The smallest absolute Gasteiger partial charge is 0.414 e. The highest BCUT2D eigenvalue weighted by molar-refractivity contribution is 6.01. The minimum absolute atomic E-state index is 0.0424. The second-order valence-corrected chi connectivity index (χ2v) is 3.59. The summed E-state index contributed by atoms with van der Waals surface area (Å²) < 4.78 is 9.94. The molecule has 102 valence electrons. The van der Waals surface area contributed by atoms with Crippen molar-refractivity contribution in [2.24, 2.45) is 0 Å². The molecule has 0 saturated heterocycles. The fourth-order valence-corrected chi connectivity index (χ4v) is 1.52. The fraction of sp³-hybridized carbons (Fsp3) is 0.231. The molecule has 0 bridgehead atoms. The summed E-state index contributed by atoms with van der Waals surface area (Å²) in [4.78, 5) is 24.0. The van der Waals surface area contributed by atoms with E-state index in [-0.39, 0.29) is 23.6 Å². The van der Waals surface area contributed by atoms with Crippen molar-refractivity contribution in [2.45, 2.75) is 0 Å². The Morgan fingerprint density at radius 3 is 2.68 bits per heavy atom. The summed E-state index contributed by atoms with van der Waals surface area (Å²) in [5.41, 5.74) is 0.101. The third kappa shape index (κ3) is 3.25. The molecule has 0 aliphatic rings. The summed E-state index contributed by atoms with van der Waals surface area (Å²) in [6.07, 6.45) is 0.735. The molecular formula is C13H15NO5. The molecule has 1 amide bonds. The molecule has 19 heavy (non-hydrogen) atoms. The molecule has 1 N–H and O–H groups in total. The van der Waals surface area contributed by atoms with Gasteiger partial charge in [-0.1, -0.05) is 18.7 Å². The summed E-state index contributed by atoms with van der Waals surface area (Å²) in [5, 5.41) is 9.14. The van der Waals surface area contributed by atoms with E-state index in [2.05, 4.69) is 6.58 Å². The van der Waals surface area contributed by atoms with Crippen LogP contribution in [0.2, 0.25) is 0 Å². The molecule has 0 heterocycles. The van der Waals surface area contributed by atoms with Crippen LogP contribution >= 0.6 is 0 Å². The number of hydrogen-bond acceptors (Lipinski definition) is 4. The van der Waals surface area contributed by atoms with Crippen molar-refractivity contribution in [1.29, 1.82) is 0 Å². The maximum Gasteiger partial charge on any atom is 0.414 e. The highest BCUT2D eigenvalue weighted by Gasteiger charge is 2.23. The zero-order valence-electron chi connectivity index (χ0n) is 10.8.